The van der Waals surface area contributed by atoms with E-state index in [4.69, 9.17) is 18.5 Å². The van der Waals surface area contributed by atoms with Crippen LogP contribution in [0.15, 0.2) is 48.6 Å². The second kappa shape index (κ2) is 75.2. The first kappa shape index (κ1) is 92.0. The Hall–Kier alpha value is -2.03. The monoisotopic (exact) mass is 1340 g/mol. The summed E-state index contributed by atoms with van der Waals surface area (Å²) in [6.07, 6.45) is 99.9. The lowest BCUT2D eigenvalue weighted by atomic mass is 10.0. The van der Waals surface area contributed by atoms with Gasteiger partial charge in [0.15, 0.2) is 6.10 Å². The average molecular weight is 1340 g/mol. The first-order chi connectivity index (χ1) is 46.0. The molecule has 2 unspecified atom stereocenters. The standard InChI is InChI=1S/C84H160NO8P/c1-6-8-10-12-14-16-18-20-22-24-26-28-30-32-34-36-38-40-42-44-46-48-50-52-54-56-58-60-62-64-66-68-70-72-74-76-83(86)90-80-82(81-92-94(88,89)91-79-78-85(3,4)5)93-84(87)77-75-73-71-69-67-65-63-61-59-57-55-53-51-49-47-45-43-41-39-37-35-33-31-29-27-25-23-21-19-17-15-13-11-9-7-2/h18-21,24-27,82H,6-17,22-23,28-81H2,1-5H3/p+1/b20-18-,21-19-,26-24-,27-25-. The zero-order valence-corrected chi connectivity index (χ0v) is 64.4. The zero-order valence-electron chi connectivity index (χ0n) is 63.5. The van der Waals surface area contributed by atoms with Gasteiger partial charge in [-0.05, 0) is 77.0 Å². The van der Waals surface area contributed by atoms with Gasteiger partial charge in [0.2, 0.25) is 0 Å². The summed E-state index contributed by atoms with van der Waals surface area (Å²) in [7, 11) is 1.50. The number of likely N-dealkylation sites (N-methyl/N-ethyl adjacent to an activating group) is 1. The summed E-state index contributed by atoms with van der Waals surface area (Å²) in [5, 5.41) is 0. The average Bonchev–Trinajstić information content (AvgIpc) is 2.35. The van der Waals surface area contributed by atoms with E-state index in [1.807, 2.05) is 21.1 Å². The molecule has 10 heteroatoms. The van der Waals surface area contributed by atoms with Crippen LogP contribution in [-0.2, 0) is 32.7 Å². The van der Waals surface area contributed by atoms with Crippen LogP contribution in [0.25, 0.3) is 0 Å². The van der Waals surface area contributed by atoms with Gasteiger partial charge in [0.25, 0.3) is 0 Å². The number of ether oxygens (including phenoxy) is 2. The number of hydrogen-bond acceptors (Lipinski definition) is 7. The van der Waals surface area contributed by atoms with Crippen molar-refractivity contribution < 1.29 is 42.1 Å². The second-order valence-corrected chi connectivity index (χ2v) is 31.0. The number of unbranched alkanes of at least 4 members (excludes halogenated alkanes) is 56. The van der Waals surface area contributed by atoms with Crippen molar-refractivity contribution in [2.24, 2.45) is 0 Å². The van der Waals surface area contributed by atoms with Gasteiger partial charge in [-0.3, -0.25) is 18.6 Å². The fourth-order valence-electron chi connectivity index (χ4n) is 12.5. The summed E-state index contributed by atoms with van der Waals surface area (Å²) in [4.78, 5) is 36.0. The van der Waals surface area contributed by atoms with Gasteiger partial charge in [0.1, 0.15) is 19.8 Å². The van der Waals surface area contributed by atoms with E-state index >= 15 is 0 Å². The van der Waals surface area contributed by atoms with E-state index in [1.54, 1.807) is 0 Å². The van der Waals surface area contributed by atoms with E-state index in [1.165, 1.54) is 347 Å². The highest BCUT2D eigenvalue weighted by molar-refractivity contribution is 7.47. The number of carbonyl (C=O) groups is 2. The predicted octanol–water partition coefficient (Wildman–Crippen LogP) is 27.5. The van der Waals surface area contributed by atoms with Crippen LogP contribution in [0.4, 0.5) is 0 Å². The molecule has 0 aliphatic heterocycles. The van der Waals surface area contributed by atoms with Gasteiger partial charge in [0, 0.05) is 12.8 Å². The van der Waals surface area contributed by atoms with Crippen molar-refractivity contribution in [1.29, 1.82) is 0 Å². The van der Waals surface area contributed by atoms with Crippen LogP contribution in [0.2, 0.25) is 0 Å². The Balaban J connectivity index is 3.89. The first-order valence-electron chi connectivity index (χ1n) is 41.4. The van der Waals surface area contributed by atoms with Gasteiger partial charge in [-0.25, -0.2) is 4.57 Å². The molecular formula is C84H161NO8P+. The summed E-state index contributed by atoms with van der Waals surface area (Å²) in [5.74, 6) is -0.771. The van der Waals surface area contributed by atoms with Crippen molar-refractivity contribution in [2.45, 2.75) is 431 Å². The van der Waals surface area contributed by atoms with Crippen LogP contribution in [0.5, 0.6) is 0 Å². The minimum atomic E-state index is -4.39. The predicted molar refractivity (Wildman–Crippen MR) is 409 cm³/mol. The topological polar surface area (TPSA) is 108 Å². The molecule has 9 nitrogen and oxygen atoms in total. The summed E-state index contributed by atoms with van der Waals surface area (Å²) in [6.45, 7) is 4.49. The summed E-state index contributed by atoms with van der Waals surface area (Å²) < 4.78 is 34.9. The fourth-order valence-corrected chi connectivity index (χ4v) is 13.2. The third kappa shape index (κ3) is 79.0. The van der Waals surface area contributed by atoms with E-state index in [0.29, 0.717) is 23.9 Å². The maximum absolute atomic E-state index is 12.9. The first-order valence-corrected chi connectivity index (χ1v) is 42.9. The van der Waals surface area contributed by atoms with Crippen molar-refractivity contribution in [3.63, 3.8) is 0 Å². The number of esters is 2. The number of allylic oxidation sites excluding steroid dienone is 8. The van der Waals surface area contributed by atoms with Gasteiger partial charge in [0.05, 0.1) is 27.7 Å². The van der Waals surface area contributed by atoms with E-state index in [0.717, 1.165) is 44.9 Å². The number of rotatable bonds is 78. The van der Waals surface area contributed by atoms with Crippen molar-refractivity contribution in [2.75, 3.05) is 47.5 Å². The Bertz CT molecular complexity index is 1720. The van der Waals surface area contributed by atoms with Gasteiger partial charge < -0.3 is 18.9 Å². The number of hydrogen-bond donors (Lipinski definition) is 1. The number of quaternary nitrogens is 1. The van der Waals surface area contributed by atoms with Crippen molar-refractivity contribution in [3.05, 3.63) is 48.6 Å². The van der Waals surface area contributed by atoms with Crippen molar-refractivity contribution in [1.82, 2.24) is 0 Å². The molecule has 0 radical (unpaired) electrons. The molecule has 0 aromatic heterocycles. The molecule has 0 saturated carbocycles. The third-order valence-corrected chi connectivity index (χ3v) is 19.8. The van der Waals surface area contributed by atoms with Crippen LogP contribution < -0.4 is 0 Å². The highest BCUT2D eigenvalue weighted by Gasteiger charge is 2.27. The summed E-state index contributed by atoms with van der Waals surface area (Å²) in [6, 6.07) is 0. The maximum atomic E-state index is 12.9. The third-order valence-electron chi connectivity index (χ3n) is 18.8. The Morgan fingerprint density at radius 3 is 0.840 bits per heavy atom. The highest BCUT2D eigenvalue weighted by Crippen LogP contribution is 2.43. The van der Waals surface area contributed by atoms with Crippen LogP contribution in [0.1, 0.15) is 425 Å². The molecule has 0 saturated heterocycles. The van der Waals surface area contributed by atoms with Crippen molar-refractivity contribution in [3.8, 4) is 0 Å². The Kier molecular flexibility index (Phi) is 73.6. The summed E-state index contributed by atoms with van der Waals surface area (Å²) >= 11 is 0. The molecule has 554 valence electrons. The van der Waals surface area contributed by atoms with Crippen LogP contribution in [0.3, 0.4) is 0 Å². The maximum Gasteiger partial charge on any atom is 0.472 e. The lowest BCUT2D eigenvalue weighted by Crippen LogP contribution is -2.37. The fraction of sp³-hybridized carbons (Fsp3) is 0.881. The number of nitrogens with zero attached hydrogens (tertiary/aromatic N) is 1. The van der Waals surface area contributed by atoms with Gasteiger partial charge in [-0.2, -0.15) is 0 Å². The van der Waals surface area contributed by atoms with Gasteiger partial charge in [-0.1, -0.05) is 383 Å². The Morgan fingerprint density at radius 2 is 0.574 bits per heavy atom. The quantitative estimate of drug-likeness (QED) is 0.0211. The zero-order chi connectivity index (χ0) is 68.3. The van der Waals surface area contributed by atoms with E-state index in [2.05, 4.69) is 62.5 Å². The largest absolute Gasteiger partial charge is 0.472 e. The molecule has 94 heavy (non-hydrogen) atoms. The number of phosphoric acid groups is 1. The van der Waals surface area contributed by atoms with E-state index in [9.17, 15) is 19.0 Å². The van der Waals surface area contributed by atoms with Gasteiger partial charge in [-0.15, -0.1) is 0 Å². The molecule has 0 spiro atoms. The van der Waals surface area contributed by atoms with Crippen molar-refractivity contribution >= 4 is 19.8 Å². The molecule has 2 atom stereocenters. The van der Waals surface area contributed by atoms with Crippen LogP contribution in [-0.4, -0.2) is 74.9 Å². The van der Waals surface area contributed by atoms with Crippen LogP contribution in [0, 0.1) is 0 Å². The van der Waals surface area contributed by atoms with E-state index < -0.39 is 26.5 Å². The molecule has 0 bridgehead atoms. The molecule has 0 fully saturated rings. The molecule has 0 aliphatic rings. The smallest absolute Gasteiger partial charge is 0.462 e. The Labute approximate surface area is 585 Å². The molecule has 1 N–H and O–H groups in total. The highest BCUT2D eigenvalue weighted by atomic mass is 31.2. The van der Waals surface area contributed by atoms with Gasteiger partial charge >= 0.3 is 19.8 Å². The minimum Gasteiger partial charge on any atom is -0.462 e. The normalized spacial score (nSPS) is 13.2. The van der Waals surface area contributed by atoms with Crippen LogP contribution >= 0.6 is 7.82 Å². The number of phosphoric ester groups is 1. The lowest BCUT2D eigenvalue weighted by molar-refractivity contribution is -0.870. The minimum absolute atomic E-state index is 0.0349. The second-order valence-electron chi connectivity index (χ2n) is 29.5. The van der Waals surface area contributed by atoms with E-state index in [-0.39, 0.29) is 25.6 Å². The molecule has 0 aliphatic carbocycles. The molecule has 0 amide bonds. The molecule has 0 rings (SSSR count). The number of carbonyl (C=O) groups excluding carboxylic acids is 2. The molecular weight excluding hydrogens is 1180 g/mol. The molecule has 0 aromatic carbocycles. The molecule has 0 heterocycles. The lowest BCUT2D eigenvalue weighted by Gasteiger charge is -2.24. The SMILES string of the molecule is CCCCCCC/C=C\C/C=C\CCCCCCCCCCCCCCCCCCCCCCCCCC(=O)OCC(COP(=O)(O)OCC[N+](C)(C)C)OC(=O)CCCCCCCCCCCCCCCCCCCCCCCCC/C=C\C/C=C\CCCCCCC. The Morgan fingerprint density at radius 1 is 0.330 bits per heavy atom. The summed E-state index contributed by atoms with van der Waals surface area (Å²) in [5.41, 5.74) is 0. The molecule has 0 aromatic rings.